The summed E-state index contributed by atoms with van der Waals surface area (Å²) in [4.78, 5) is 0. The zero-order valence-corrected chi connectivity index (χ0v) is 12.1. The average Bonchev–Trinajstić information content (AvgIpc) is 2.35. The van der Waals surface area contributed by atoms with Gasteiger partial charge in [0, 0.05) is 0 Å². The van der Waals surface area contributed by atoms with Gasteiger partial charge in [0.15, 0.2) is 0 Å². The van der Waals surface area contributed by atoms with Crippen molar-refractivity contribution in [3.8, 4) is 0 Å². The van der Waals surface area contributed by atoms with E-state index in [1.165, 1.54) is 64.2 Å². The van der Waals surface area contributed by atoms with Gasteiger partial charge in [-0.1, -0.05) is 76.7 Å². The van der Waals surface area contributed by atoms with Crippen molar-refractivity contribution in [1.29, 1.82) is 0 Å². The summed E-state index contributed by atoms with van der Waals surface area (Å²) >= 11 is 0. The smallest absolute Gasteiger partial charge is 0.0169 e. The summed E-state index contributed by atoms with van der Waals surface area (Å²) in [5, 5.41) is 0. The largest absolute Gasteiger partial charge is 0.0882 e. The van der Waals surface area contributed by atoms with E-state index in [1.54, 1.807) is 0 Å². The first kappa shape index (κ1) is 16.5. The van der Waals surface area contributed by atoms with Gasteiger partial charge in [-0.2, -0.15) is 0 Å². The van der Waals surface area contributed by atoms with Crippen molar-refractivity contribution in [1.82, 2.24) is 0 Å². The fourth-order valence-electron chi connectivity index (χ4n) is 1.88. The molecule has 17 heavy (non-hydrogen) atoms. The lowest BCUT2D eigenvalue weighted by Crippen LogP contribution is -1.74. The molecule has 100 valence electrons. The summed E-state index contributed by atoms with van der Waals surface area (Å²) in [7, 11) is 0. The van der Waals surface area contributed by atoms with Crippen LogP contribution in [-0.2, 0) is 0 Å². The second-order valence-corrected chi connectivity index (χ2v) is 4.88. The van der Waals surface area contributed by atoms with Crippen LogP contribution in [0.3, 0.4) is 0 Å². The maximum absolute atomic E-state index is 2.34. The summed E-state index contributed by atoms with van der Waals surface area (Å²) in [6.07, 6.45) is 24.0. The lowest BCUT2D eigenvalue weighted by atomic mass is 10.1. The quantitative estimate of drug-likeness (QED) is 0.270. The van der Waals surface area contributed by atoms with E-state index in [0.29, 0.717) is 0 Å². The van der Waals surface area contributed by atoms with E-state index in [-0.39, 0.29) is 0 Å². The Hall–Kier alpha value is -0.520. The fourth-order valence-corrected chi connectivity index (χ4v) is 1.88. The maximum Gasteiger partial charge on any atom is -0.0169 e. The summed E-state index contributed by atoms with van der Waals surface area (Å²) in [5.41, 5.74) is 0. The van der Waals surface area contributed by atoms with E-state index >= 15 is 0 Å². The third kappa shape index (κ3) is 15.5. The van der Waals surface area contributed by atoms with Gasteiger partial charge in [-0.25, -0.2) is 0 Å². The van der Waals surface area contributed by atoms with Gasteiger partial charge in [0.1, 0.15) is 0 Å². The zero-order chi connectivity index (χ0) is 12.6. The van der Waals surface area contributed by atoms with Crippen LogP contribution < -0.4 is 0 Å². The predicted octanol–water partition coefficient (Wildman–Crippen LogP) is 6.43. The summed E-state index contributed by atoms with van der Waals surface area (Å²) in [5.74, 6) is 0. The van der Waals surface area contributed by atoms with Crippen molar-refractivity contribution in [2.75, 3.05) is 0 Å². The SMILES string of the molecule is CCCCCCC=CCC=CCCCCCC. The molecule has 0 bridgehead atoms. The van der Waals surface area contributed by atoms with Crippen LogP contribution in [0.1, 0.15) is 84.5 Å². The van der Waals surface area contributed by atoms with Crippen molar-refractivity contribution in [2.45, 2.75) is 84.5 Å². The van der Waals surface area contributed by atoms with Gasteiger partial charge in [-0.15, -0.1) is 0 Å². The van der Waals surface area contributed by atoms with Crippen LogP contribution in [0.25, 0.3) is 0 Å². The van der Waals surface area contributed by atoms with Gasteiger partial charge in [-0.3, -0.25) is 0 Å². The number of hydrogen-bond donors (Lipinski definition) is 0. The van der Waals surface area contributed by atoms with Crippen LogP contribution in [0.2, 0.25) is 0 Å². The number of rotatable bonds is 12. The molecule has 0 rings (SSSR count). The second kappa shape index (κ2) is 15.5. The van der Waals surface area contributed by atoms with Crippen molar-refractivity contribution < 1.29 is 0 Å². The standard InChI is InChI=1S/C17H32/c1-3-5-7-9-11-13-15-17-16-14-12-10-8-6-4-2/h13-16H,3-12,17H2,1-2H3. The molecule has 0 amide bonds. The number of unbranched alkanes of at least 4 members (excludes halogenated alkanes) is 8. The van der Waals surface area contributed by atoms with Crippen molar-refractivity contribution in [3.05, 3.63) is 24.3 Å². The molecular formula is C17H32. The second-order valence-electron chi connectivity index (χ2n) is 4.88. The van der Waals surface area contributed by atoms with E-state index in [4.69, 9.17) is 0 Å². The molecule has 0 N–H and O–H groups in total. The molecule has 0 saturated carbocycles. The minimum absolute atomic E-state index is 1.13. The highest BCUT2D eigenvalue weighted by Crippen LogP contribution is 2.05. The molecular weight excluding hydrogens is 204 g/mol. The Balaban J connectivity index is 3.14. The third-order valence-electron chi connectivity index (χ3n) is 3.05. The highest BCUT2D eigenvalue weighted by Gasteiger charge is 1.85. The molecule has 0 aliphatic heterocycles. The van der Waals surface area contributed by atoms with E-state index in [9.17, 15) is 0 Å². The van der Waals surface area contributed by atoms with Crippen molar-refractivity contribution in [3.63, 3.8) is 0 Å². The fraction of sp³-hybridized carbons (Fsp3) is 0.765. The van der Waals surface area contributed by atoms with Gasteiger partial charge < -0.3 is 0 Å². The summed E-state index contributed by atoms with van der Waals surface area (Å²) < 4.78 is 0. The Morgan fingerprint density at radius 3 is 1.41 bits per heavy atom. The molecule has 0 radical (unpaired) electrons. The molecule has 0 heterocycles. The molecule has 0 aliphatic rings. The topological polar surface area (TPSA) is 0 Å². The van der Waals surface area contributed by atoms with Gasteiger partial charge in [0.05, 0.1) is 0 Å². The first-order chi connectivity index (χ1) is 8.41. The number of hydrogen-bond acceptors (Lipinski definition) is 0. The Kier molecular flexibility index (Phi) is 15.0. The normalized spacial score (nSPS) is 11.9. The highest BCUT2D eigenvalue weighted by molar-refractivity contribution is 4.92. The van der Waals surface area contributed by atoms with Crippen LogP contribution in [-0.4, -0.2) is 0 Å². The molecule has 0 nitrogen and oxygen atoms in total. The van der Waals surface area contributed by atoms with Crippen LogP contribution >= 0.6 is 0 Å². The van der Waals surface area contributed by atoms with Gasteiger partial charge >= 0.3 is 0 Å². The van der Waals surface area contributed by atoms with Crippen LogP contribution in [0.4, 0.5) is 0 Å². The molecule has 0 aromatic heterocycles. The first-order valence-electron chi connectivity index (χ1n) is 7.71. The van der Waals surface area contributed by atoms with E-state index in [1.807, 2.05) is 0 Å². The lowest BCUT2D eigenvalue weighted by Gasteiger charge is -1.94. The highest BCUT2D eigenvalue weighted by atomic mass is 13.9. The van der Waals surface area contributed by atoms with Crippen molar-refractivity contribution >= 4 is 0 Å². The molecule has 0 fully saturated rings. The lowest BCUT2D eigenvalue weighted by molar-refractivity contribution is 0.673. The van der Waals surface area contributed by atoms with Crippen LogP contribution in [0, 0.1) is 0 Å². The van der Waals surface area contributed by atoms with Crippen molar-refractivity contribution in [2.24, 2.45) is 0 Å². The van der Waals surface area contributed by atoms with Gasteiger partial charge in [0.2, 0.25) is 0 Å². The molecule has 0 saturated heterocycles. The summed E-state index contributed by atoms with van der Waals surface area (Å²) in [6, 6.07) is 0. The Morgan fingerprint density at radius 2 is 1.00 bits per heavy atom. The molecule has 0 spiro atoms. The van der Waals surface area contributed by atoms with E-state index in [2.05, 4.69) is 38.2 Å². The molecule has 0 aromatic carbocycles. The van der Waals surface area contributed by atoms with E-state index < -0.39 is 0 Å². The Morgan fingerprint density at radius 1 is 0.529 bits per heavy atom. The maximum atomic E-state index is 2.34. The monoisotopic (exact) mass is 236 g/mol. The summed E-state index contributed by atoms with van der Waals surface area (Å²) in [6.45, 7) is 4.53. The molecule has 0 aromatic rings. The zero-order valence-electron chi connectivity index (χ0n) is 12.1. The van der Waals surface area contributed by atoms with Crippen LogP contribution in [0.15, 0.2) is 24.3 Å². The van der Waals surface area contributed by atoms with E-state index in [0.717, 1.165) is 6.42 Å². The van der Waals surface area contributed by atoms with Gasteiger partial charge in [-0.05, 0) is 32.1 Å². The average molecular weight is 236 g/mol. The van der Waals surface area contributed by atoms with Gasteiger partial charge in [0.25, 0.3) is 0 Å². The molecule has 0 atom stereocenters. The minimum Gasteiger partial charge on any atom is -0.0882 e. The molecule has 0 unspecified atom stereocenters. The molecule has 0 heteroatoms. The number of allylic oxidation sites excluding steroid dienone is 4. The third-order valence-corrected chi connectivity index (χ3v) is 3.05. The Bertz CT molecular complexity index is 156. The Labute approximate surface area is 109 Å². The molecule has 0 aliphatic carbocycles. The predicted molar refractivity (Wildman–Crippen MR) is 80.4 cm³/mol. The minimum atomic E-state index is 1.13. The van der Waals surface area contributed by atoms with Crippen LogP contribution in [0.5, 0.6) is 0 Å². The first-order valence-corrected chi connectivity index (χ1v) is 7.71.